The summed E-state index contributed by atoms with van der Waals surface area (Å²) < 4.78 is 3.31. The average molecular weight is 444 g/mol. The van der Waals surface area contributed by atoms with Gasteiger partial charge in [0, 0.05) is 18.3 Å². The van der Waals surface area contributed by atoms with Crippen LogP contribution in [0.25, 0.3) is 5.52 Å². The van der Waals surface area contributed by atoms with E-state index < -0.39 is 0 Å². The fourth-order valence-corrected chi connectivity index (χ4v) is 4.15. The highest BCUT2D eigenvalue weighted by Crippen LogP contribution is 2.25. The summed E-state index contributed by atoms with van der Waals surface area (Å²) in [7, 11) is 0. The summed E-state index contributed by atoms with van der Waals surface area (Å²) in [6, 6.07) is 22.2. The second kappa shape index (κ2) is 10.3. The molecule has 2 aromatic heterocycles. The van der Waals surface area contributed by atoms with Gasteiger partial charge in [-0.25, -0.2) is 4.52 Å². The number of fused-ring (bicyclic) bond motifs is 1. The molecule has 7 nitrogen and oxygen atoms in total. The predicted molar refractivity (Wildman–Crippen MR) is 129 cm³/mol. The molecule has 0 bridgehead atoms. The van der Waals surface area contributed by atoms with Crippen molar-refractivity contribution >= 4 is 11.4 Å². The Morgan fingerprint density at radius 3 is 2.39 bits per heavy atom. The van der Waals surface area contributed by atoms with Crippen molar-refractivity contribution < 1.29 is 4.79 Å². The van der Waals surface area contributed by atoms with E-state index in [-0.39, 0.29) is 17.5 Å². The summed E-state index contributed by atoms with van der Waals surface area (Å²) in [5.41, 5.74) is 7.78. The van der Waals surface area contributed by atoms with E-state index in [9.17, 15) is 9.59 Å². The van der Waals surface area contributed by atoms with Crippen molar-refractivity contribution in [3.05, 3.63) is 106 Å². The van der Waals surface area contributed by atoms with E-state index in [2.05, 4.69) is 0 Å². The predicted octanol–water partition coefficient (Wildman–Crippen LogP) is 3.49. The van der Waals surface area contributed by atoms with Gasteiger partial charge in [0.05, 0.1) is 12.6 Å². The molecule has 4 aromatic rings. The molecule has 2 aromatic carbocycles. The summed E-state index contributed by atoms with van der Waals surface area (Å²) in [6.45, 7) is 3.34. The highest BCUT2D eigenvalue weighted by atomic mass is 16.2. The van der Waals surface area contributed by atoms with E-state index in [0.717, 1.165) is 5.56 Å². The molecule has 4 rings (SSSR count). The zero-order valence-electron chi connectivity index (χ0n) is 18.8. The number of nitrogens with zero attached hydrogens (tertiary/aromatic N) is 4. The van der Waals surface area contributed by atoms with Crippen LogP contribution in [0.3, 0.4) is 0 Å². The van der Waals surface area contributed by atoms with Crippen LogP contribution in [0.15, 0.2) is 83.8 Å². The Morgan fingerprint density at radius 1 is 1.03 bits per heavy atom. The fraction of sp³-hybridized carbons (Fsp3) is 0.269. The molecule has 7 heteroatoms. The van der Waals surface area contributed by atoms with Crippen LogP contribution in [0.2, 0.25) is 0 Å². The van der Waals surface area contributed by atoms with Crippen molar-refractivity contribution in [1.29, 1.82) is 0 Å². The lowest BCUT2D eigenvalue weighted by Crippen LogP contribution is -2.40. The molecule has 0 aliphatic carbocycles. The number of rotatable bonds is 9. The molecule has 2 N–H and O–H groups in total. The molecule has 1 unspecified atom stereocenters. The van der Waals surface area contributed by atoms with Gasteiger partial charge in [-0.3, -0.25) is 14.2 Å². The Balaban J connectivity index is 1.84. The molecular formula is C26H29N5O2. The quantitative estimate of drug-likeness (QED) is 0.429. The van der Waals surface area contributed by atoms with Gasteiger partial charge in [0.1, 0.15) is 5.52 Å². The van der Waals surface area contributed by atoms with Crippen molar-refractivity contribution in [3.63, 3.8) is 0 Å². The van der Waals surface area contributed by atoms with Crippen molar-refractivity contribution in [2.45, 2.75) is 32.4 Å². The summed E-state index contributed by atoms with van der Waals surface area (Å²) in [6.07, 6.45) is 3.03. The lowest BCUT2D eigenvalue weighted by molar-refractivity contribution is 0.0654. The molecular weight excluding hydrogens is 414 g/mol. The van der Waals surface area contributed by atoms with Crippen LogP contribution in [0.4, 0.5) is 0 Å². The minimum atomic E-state index is -0.382. The fourth-order valence-electron chi connectivity index (χ4n) is 4.15. The number of hydrogen-bond acceptors (Lipinski definition) is 4. The Kier molecular flexibility index (Phi) is 7.00. The van der Waals surface area contributed by atoms with E-state index in [1.165, 1.54) is 0 Å². The highest BCUT2D eigenvalue weighted by molar-refractivity contribution is 5.94. The molecule has 0 fully saturated rings. The third kappa shape index (κ3) is 4.73. The van der Waals surface area contributed by atoms with Crippen LogP contribution < -0.4 is 11.3 Å². The normalized spacial score (nSPS) is 12.1. The Morgan fingerprint density at radius 2 is 1.73 bits per heavy atom. The number of nitrogens with two attached hydrogens (primary N) is 1. The van der Waals surface area contributed by atoms with Crippen LogP contribution >= 0.6 is 0 Å². The first-order valence-electron chi connectivity index (χ1n) is 11.3. The monoisotopic (exact) mass is 443 g/mol. The van der Waals surface area contributed by atoms with Gasteiger partial charge in [-0.05, 0) is 49.2 Å². The summed E-state index contributed by atoms with van der Waals surface area (Å²) in [4.78, 5) is 28.9. The van der Waals surface area contributed by atoms with Crippen LogP contribution in [0.1, 0.15) is 47.6 Å². The SMILES string of the molecule is CCC(c1nn2cccc2c(=O)n1Cc1ccccc1)N(CCCN)C(=O)c1ccccc1. The summed E-state index contributed by atoms with van der Waals surface area (Å²) >= 11 is 0. The van der Waals surface area contributed by atoms with Gasteiger partial charge in [0.25, 0.3) is 11.5 Å². The second-order valence-corrected chi connectivity index (χ2v) is 8.00. The van der Waals surface area contributed by atoms with Gasteiger partial charge in [-0.2, -0.15) is 5.10 Å². The molecule has 0 radical (unpaired) electrons. The number of amides is 1. The van der Waals surface area contributed by atoms with Crippen molar-refractivity contribution in [1.82, 2.24) is 19.1 Å². The lowest BCUT2D eigenvalue weighted by atomic mass is 10.1. The minimum Gasteiger partial charge on any atom is -0.330 e. The summed E-state index contributed by atoms with van der Waals surface area (Å²) in [5.74, 6) is 0.473. The van der Waals surface area contributed by atoms with E-state index in [4.69, 9.17) is 10.8 Å². The maximum absolute atomic E-state index is 13.6. The summed E-state index contributed by atoms with van der Waals surface area (Å²) in [5, 5.41) is 4.82. The van der Waals surface area contributed by atoms with E-state index in [1.54, 1.807) is 26.2 Å². The maximum atomic E-state index is 13.6. The van der Waals surface area contributed by atoms with Gasteiger partial charge < -0.3 is 10.6 Å². The molecule has 170 valence electrons. The lowest BCUT2D eigenvalue weighted by Gasteiger charge is -2.32. The van der Waals surface area contributed by atoms with Gasteiger partial charge in [0.15, 0.2) is 5.82 Å². The standard InChI is InChI=1S/C26H29N5O2/c1-2-22(29(17-10-16-27)25(32)21-13-7-4-8-14-21)24-28-31-18-9-15-23(31)26(33)30(24)19-20-11-5-3-6-12-20/h3-9,11-15,18,22H,2,10,16-17,19,27H2,1H3. The molecule has 0 aliphatic rings. The number of aromatic nitrogens is 3. The van der Waals surface area contributed by atoms with E-state index in [1.807, 2.05) is 73.7 Å². The topological polar surface area (TPSA) is 85.6 Å². The zero-order valence-corrected chi connectivity index (χ0v) is 18.8. The van der Waals surface area contributed by atoms with Crippen molar-refractivity contribution in [3.8, 4) is 0 Å². The first-order chi connectivity index (χ1) is 16.1. The van der Waals surface area contributed by atoms with Crippen LogP contribution in [-0.2, 0) is 6.54 Å². The van der Waals surface area contributed by atoms with E-state index >= 15 is 0 Å². The Labute approximate surface area is 193 Å². The van der Waals surface area contributed by atoms with Gasteiger partial charge in [-0.1, -0.05) is 55.5 Å². The van der Waals surface area contributed by atoms with Gasteiger partial charge >= 0.3 is 0 Å². The largest absolute Gasteiger partial charge is 0.330 e. The molecule has 0 aliphatic heterocycles. The zero-order chi connectivity index (χ0) is 23.2. The van der Waals surface area contributed by atoms with E-state index in [0.29, 0.717) is 49.4 Å². The second-order valence-electron chi connectivity index (χ2n) is 8.00. The maximum Gasteiger partial charge on any atom is 0.278 e. The Bertz CT molecular complexity index is 1260. The first-order valence-corrected chi connectivity index (χ1v) is 11.3. The third-order valence-corrected chi connectivity index (χ3v) is 5.81. The van der Waals surface area contributed by atoms with Crippen molar-refractivity contribution in [2.75, 3.05) is 13.1 Å². The van der Waals surface area contributed by atoms with Crippen LogP contribution in [-0.4, -0.2) is 38.1 Å². The third-order valence-electron chi connectivity index (χ3n) is 5.81. The van der Waals surface area contributed by atoms with Crippen LogP contribution in [0, 0.1) is 0 Å². The van der Waals surface area contributed by atoms with Gasteiger partial charge in [0.2, 0.25) is 0 Å². The van der Waals surface area contributed by atoms with Crippen LogP contribution in [0.5, 0.6) is 0 Å². The number of benzene rings is 2. The number of hydrogen-bond donors (Lipinski definition) is 1. The number of carbonyl (C=O) groups excluding carboxylic acids is 1. The Hall–Kier alpha value is -3.71. The molecule has 0 spiro atoms. The smallest absolute Gasteiger partial charge is 0.278 e. The molecule has 2 heterocycles. The first kappa shape index (κ1) is 22.5. The number of carbonyl (C=O) groups is 1. The minimum absolute atomic E-state index is 0.0935. The van der Waals surface area contributed by atoms with Gasteiger partial charge in [-0.15, -0.1) is 0 Å². The molecule has 0 saturated heterocycles. The molecule has 1 atom stereocenters. The molecule has 33 heavy (non-hydrogen) atoms. The highest BCUT2D eigenvalue weighted by Gasteiger charge is 2.29. The molecule has 0 saturated carbocycles. The average Bonchev–Trinajstić information content (AvgIpc) is 3.33. The molecule has 1 amide bonds. The van der Waals surface area contributed by atoms with Crippen molar-refractivity contribution in [2.24, 2.45) is 5.73 Å².